The van der Waals surface area contributed by atoms with Gasteiger partial charge in [0.05, 0.1) is 17.8 Å². The molecule has 9 atom stereocenters. The first kappa shape index (κ1) is 20.8. The first-order valence-electron chi connectivity index (χ1n) is 10.5. The lowest BCUT2D eigenvalue weighted by atomic mass is 9.59. The molecule has 2 bridgehead atoms. The minimum atomic E-state index is -0.937. The summed E-state index contributed by atoms with van der Waals surface area (Å²) in [7, 11) is 0. The van der Waals surface area contributed by atoms with Crippen molar-refractivity contribution in [3.63, 3.8) is 0 Å². The van der Waals surface area contributed by atoms with Gasteiger partial charge in [-0.1, -0.05) is 25.5 Å². The van der Waals surface area contributed by atoms with Crippen LogP contribution in [0.25, 0.3) is 0 Å². The normalized spacial score (nSPS) is 47.7. The highest BCUT2D eigenvalue weighted by Crippen LogP contribution is 2.55. The van der Waals surface area contributed by atoms with Crippen LogP contribution in [0, 0.1) is 29.6 Å². The lowest BCUT2D eigenvalue weighted by molar-refractivity contribution is -0.161. The van der Waals surface area contributed by atoms with Crippen molar-refractivity contribution >= 4 is 5.97 Å². The average molecular weight is 381 g/mol. The Morgan fingerprint density at radius 3 is 2.78 bits per heavy atom. The second-order valence-corrected chi connectivity index (χ2v) is 9.51. The summed E-state index contributed by atoms with van der Waals surface area (Å²) in [6, 6.07) is 0. The maximum absolute atomic E-state index is 11.8. The second kappa shape index (κ2) is 7.84. The number of aliphatic hydroxyl groups excluding tert-OH is 1. The van der Waals surface area contributed by atoms with Crippen molar-refractivity contribution < 1.29 is 24.5 Å². The average Bonchev–Trinajstić information content (AvgIpc) is 2.97. The Hall–Kier alpha value is -0.910. The Morgan fingerprint density at radius 1 is 1.44 bits per heavy atom. The van der Waals surface area contributed by atoms with Crippen molar-refractivity contribution in [2.24, 2.45) is 29.6 Å². The summed E-state index contributed by atoms with van der Waals surface area (Å²) in [5, 5.41) is 21.2. The molecule has 2 N–H and O–H groups in total. The van der Waals surface area contributed by atoms with Gasteiger partial charge in [0.2, 0.25) is 0 Å². The van der Waals surface area contributed by atoms with E-state index in [9.17, 15) is 15.0 Å². The summed E-state index contributed by atoms with van der Waals surface area (Å²) in [4.78, 5) is 11.8. The fraction of sp³-hybridized carbons (Fsp3) is 0.864. The molecule has 2 fully saturated rings. The topological polar surface area (TPSA) is 76.0 Å². The van der Waals surface area contributed by atoms with Crippen LogP contribution in [0.15, 0.2) is 11.6 Å². The van der Waals surface area contributed by atoms with Gasteiger partial charge in [0, 0.05) is 19.4 Å². The molecular formula is C22H36O5. The van der Waals surface area contributed by atoms with Crippen molar-refractivity contribution in [3.05, 3.63) is 11.6 Å². The van der Waals surface area contributed by atoms with Crippen molar-refractivity contribution in [2.45, 2.75) is 84.2 Å². The van der Waals surface area contributed by atoms with E-state index >= 15 is 0 Å². The third-order valence-electron chi connectivity index (χ3n) is 7.22. The van der Waals surface area contributed by atoms with Crippen LogP contribution in [0.3, 0.4) is 0 Å². The molecule has 0 aromatic carbocycles. The number of rotatable bonds is 3. The quantitative estimate of drug-likeness (QED) is 0.581. The summed E-state index contributed by atoms with van der Waals surface area (Å²) in [5.74, 6) is 0.447. The Bertz CT molecular complexity index is 583. The van der Waals surface area contributed by atoms with E-state index in [-0.39, 0.29) is 60.5 Å². The van der Waals surface area contributed by atoms with Gasteiger partial charge >= 0.3 is 5.97 Å². The zero-order chi connectivity index (χ0) is 19.9. The number of allylic oxidation sites excluding steroid dienone is 1. The molecule has 3 aliphatic rings. The van der Waals surface area contributed by atoms with Crippen LogP contribution in [-0.2, 0) is 14.3 Å². The van der Waals surface area contributed by atoms with E-state index in [1.54, 1.807) is 0 Å². The number of hydrogen-bond acceptors (Lipinski definition) is 5. The molecule has 3 rings (SSSR count). The third-order valence-corrected chi connectivity index (χ3v) is 7.22. The Balaban J connectivity index is 2.05. The summed E-state index contributed by atoms with van der Waals surface area (Å²) >= 11 is 0. The molecule has 0 aromatic rings. The van der Waals surface area contributed by atoms with Crippen LogP contribution < -0.4 is 0 Å². The number of ether oxygens (including phenoxy) is 2. The van der Waals surface area contributed by atoms with E-state index in [0.29, 0.717) is 6.42 Å². The van der Waals surface area contributed by atoms with Gasteiger partial charge in [0.15, 0.2) is 0 Å². The zero-order valence-corrected chi connectivity index (χ0v) is 17.4. The summed E-state index contributed by atoms with van der Waals surface area (Å²) in [6.07, 6.45) is 4.81. The third kappa shape index (κ3) is 3.96. The number of carbonyl (C=O) groups excluding carboxylic acids is 1. The molecule has 0 unspecified atom stereocenters. The molecule has 1 aliphatic carbocycles. The smallest absolute Gasteiger partial charge is 0.302 e. The molecule has 5 nitrogen and oxygen atoms in total. The highest BCUT2D eigenvalue weighted by Gasteiger charge is 2.60. The number of hydrogen-bond donors (Lipinski definition) is 2. The van der Waals surface area contributed by atoms with Crippen molar-refractivity contribution in [1.29, 1.82) is 0 Å². The first-order chi connectivity index (χ1) is 12.7. The molecule has 0 spiro atoms. The first-order valence-corrected chi connectivity index (χ1v) is 10.5. The standard InChI is InChI=1S/C22H36O5/c1-12-7-6-8-22(5,25)21-18-16(14(3)11-23)10-13(2)20(26-15(4)24)19(18)17(9-12)27-21/h7,13-14,16-21,23,25H,6,8-11H2,1-5H3/b12-7-/t13-,14+,16+,17+,18+,19+,20-,21+,22+/m0/s1. The van der Waals surface area contributed by atoms with Crippen molar-refractivity contribution in [2.75, 3.05) is 6.61 Å². The van der Waals surface area contributed by atoms with Gasteiger partial charge in [-0.15, -0.1) is 0 Å². The molecule has 1 saturated carbocycles. The minimum absolute atomic E-state index is 0.0505. The van der Waals surface area contributed by atoms with E-state index in [1.807, 2.05) is 6.92 Å². The van der Waals surface area contributed by atoms with Gasteiger partial charge in [-0.25, -0.2) is 0 Å². The van der Waals surface area contributed by atoms with Crippen LogP contribution in [0.1, 0.15) is 60.3 Å². The van der Waals surface area contributed by atoms with E-state index in [4.69, 9.17) is 9.47 Å². The fourth-order valence-electron chi connectivity index (χ4n) is 5.89. The number of fused-ring (bicyclic) bond motifs is 5. The van der Waals surface area contributed by atoms with E-state index in [2.05, 4.69) is 26.8 Å². The molecule has 2 aliphatic heterocycles. The molecule has 0 aromatic heterocycles. The lowest BCUT2D eigenvalue weighted by Gasteiger charge is -2.48. The highest BCUT2D eigenvalue weighted by molar-refractivity contribution is 5.66. The molecule has 5 heteroatoms. The van der Waals surface area contributed by atoms with Crippen LogP contribution in [0.2, 0.25) is 0 Å². The molecular weight excluding hydrogens is 344 g/mol. The predicted molar refractivity (Wildman–Crippen MR) is 103 cm³/mol. The summed E-state index contributed by atoms with van der Waals surface area (Å²) < 4.78 is 12.4. The summed E-state index contributed by atoms with van der Waals surface area (Å²) in [5.41, 5.74) is 0.330. The van der Waals surface area contributed by atoms with Gasteiger partial charge in [-0.2, -0.15) is 0 Å². The maximum Gasteiger partial charge on any atom is 0.302 e. The predicted octanol–water partition coefficient (Wildman–Crippen LogP) is 3.08. The minimum Gasteiger partial charge on any atom is -0.462 e. The number of carbonyl (C=O) groups is 1. The van der Waals surface area contributed by atoms with E-state index in [1.165, 1.54) is 12.5 Å². The Kier molecular flexibility index (Phi) is 6.05. The molecule has 1 saturated heterocycles. The van der Waals surface area contributed by atoms with Gasteiger partial charge in [0.25, 0.3) is 0 Å². The fourth-order valence-corrected chi connectivity index (χ4v) is 5.89. The van der Waals surface area contributed by atoms with Crippen LogP contribution in [0.5, 0.6) is 0 Å². The second-order valence-electron chi connectivity index (χ2n) is 9.51. The lowest BCUT2D eigenvalue weighted by Crippen LogP contribution is -2.53. The SMILES string of the molecule is CC(=O)O[C@@H]1[C@H]2[C@@H]([C@@H]([C@H](C)CO)C[C@@H]1C)[C@H]1O[C@@H]2C/C(C)=C\CC[C@@]1(C)O. The van der Waals surface area contributed by atoms with Gasteiger partial charge in [-0.3, -0.25) is 4.79 Å². The monoisotopic (exact) mass is 380 g/mol. The van der Waals surface area contributed by atoms with E-state index in [0.717, 1.165) is 19.3 Å². The van der Waals surface area contributed by atoms with Crippen molar-refractivity contribution in [1.82, 2.24) is 0 Å². The molecule has 27 heavy (non-hydrogen) atoms. The van der Waals surface area contributed by atoms with Gasteiger partial charge < -0.3 is 19.7 Å². The van der Waals surface area contributed by atoms with Crippen LogP contribution in [-0.4, -0.2) is 46.7 Å². The van der Waals surface area contributed by atoms with Gasteiger partial charge in [0.1, 0.15) is 6.10 Å². The number of esters is 1. The molecule has 2 heterocycles. The van der Waals surface area contributed by atoms with Crippen molar-refractivity contribution in [3.8, 4) is 0 Å². The molecule has 154 valence electrons. The van der Waals surface area contributed by atoms with Gasteiger partial charge in [-0.05, 0) is 63.2 Å². The summed E-state index contributed by atoms with van der Waals surface area (Å²) in [6.45, 7) is 9.81. The number of aliphatic hydroxyl groups is 2. The van der Waals surface area contributed by atoms with E-state index < -0.39 is 5.60 Å². The molecule has 0 radical (unpaired) electrons. The largest absolute Gasteiger partial charge is 0.462 e. The highest BCUT2D eigenvalue weighted by atomic mass is 16.6. The maximum atomic E-state index is 11.8. The Labute approximate surface area is 163 Å². The molecule has 0 amide bonds. The van der Waals surface area contributed by atoms with Crippen LogP contribution >= 0.6 is 0 Å². The zero-order valence-electron chi connectivity index (χ0n) is 17.4. The Morgan fingerprint density at radius 2 is 2.15 bits per heavy atom. The van der Waals surface area contributed by atoms with Crippen LogP contribution in [0.4, 0.5) is 0 Å².